The fourth-order valence-electron chi connectivity index (χ4n) is 3.14. The van der Waals surface area contributed by atoms with E-state index in [0.717, 1.165) is 29.2 Å². The average molecular weight is 183 g/mol. The summed E-state index contributed by atoms with van der Waals surface area (Å²) in [5, 5.41) is 0. The minimum Gasteiger partial charge on any atom is -0.0710 e. The Balaban J connectivity index is 2.76. The van der Waals surface area contributed by atoms with Crippen LogP contribution in [0.1, 0.15) is 27.7 Å². The molecule has 0 aromatic rings. The molecule has 0 nitrogen and oxygen atoms in total. The smallest absolute Gasteiger partial charge is 0.0451 e. The van der Waals surface area contributed by atoms with E-state index in [1.807, 2.05) is 0 Å². The van der Waals surface area contributed by atoms with E-state index >= 15 is 0 Å². The predicted octanol–water partition coefficient (Wildman–Crippen LogP) is 3.67. The third-order valence-electron chi connectivity index (χ3n) is 4.29. The van der Waals surface area contributed by atoms with Crippen molar-refractivity contribution in [3.05, 3.63) is 0 Å². The second-order valence-corrected chi connectivity index (χ2v) is 7.86. The molecular formula is C11H23Si. The van der Waals surface area contributed by atoms with E-state index in [2.05, 4.69) is 40.8 Å². The lowest BCUT2D eigenvalue weighted by molar-refractivity contribution is 0.352. The van der Waals surface area contributed by atoms with Crippen molar-refractivity contribution >= 4 is 8.80 Å². The fourth-order valence-corrected chi connectivity index (χ4v) is 5.85. The van der Waals surface area contributed by atoms with Crippen LogP contribution in [0.4, 0.5) is 0 Å². The van der Waals surface area contributed by atoms with Crippen LogP contribution in [0.2, 0.25) is 18.6 Å². The number of hydrogen-bond donors (Lipinski definition) is 0. The third-order valence-corrected chi connectivity index (χ3v) is 6.67. The molecule has 0 N–H and O–H groups in total. The zero-order valence-electron chi connectivity index (χ0n) is 9.39. The summed E-state index contributed by atoms with van der Waals surface area (Å²) >= 11 is 0. The van der Waals surface area contributed by atoms with Gasteiger partial charge in [-0.25, -0.2) is 0 Å². The van der Waals surface area contributed by atoms with Crippen molar-refractivity contribution < 1.29 is 0 Å². The Kier molecular flexibility index (Phi) is 3.03. The highest BCUT2D eigenvalue weighted by Crippen LogP contribution is 2.50. The van der Waals surface area contributed by atoms with Gasteiger partial charge in [0.2, 0.25) is 0 Å². The maximum atomic E-state index is 2.48. The van der Waals surface area contributed by atoms with Gasteiger partial charge in [-0.3, -0.25) is 0 Å². The van der Waals surface area contributed by atoms with Crippen LogP contribution >= 0.6 is 0 Å². The van der Waals surface area contributed by atoms with Crippen LogP contribution in [0.5, 0.6) is 0 Å². The molecule has 0 aliphatic heterocycles. The average Bonchev–Trinajstić information content (AvgIpc) is 2.16. The normalized spacial score (nSPS) is 48.8. The first-order valence-corrected chi connectivity index (χ1v) is 7.84. The lowest BCUT2D eigenvalue weighted by atomic mass is 9.92. The highest BCUT2D eigenvalue weighted by atomic mass is 28.3. The number of rotatable bonds is 1. The van der Waals surface area contributed by atoms with Gasteiger partial charge in [0.25, 0.3) is 0 Å². The molecule has 1 heteroatoms. The van der Waals surface area contributed by atoms with Gasteiger partial charge in [-0.15, -0.1) is 0 Å². The van der Waals surface area contributed by atoms with Gasteiger partial charge in [-0.05, 0) is 29.2 Å². The van der Waals surface area contributed by atoms with Gasteiger partial charge >= 0.3 is 0 Å². The first-order chi connectivity index (χ1) is 5.46. The Morgan fingerprint density at radius 2 is 1.00 bits per heavy atom. The summed E-state index contributed by atoms with van der Waals surface area (Å²) in [6, 6.07) is 0. The quantitative estimate of drug-likeness (QED) is 0.544. The molecule has 0 saturated heterocycles. The molecule has 5 atom stereocenters. The van der Waals surface area contributed by atoms with E-state index in [9.17, 15) is 0 Å². The van der Waals surface area contributed by atoms with Gasteiger partial charge in [-0.1, -0.05) is 40.8 Å². The molecule has 0 spiro atoms. The highest BCUT2D eigenvalue weighted by Gasteiger charge is 2.42. The van der Waals surface area contributed by atoms with Crippen molar-refractivity contribution in [2.45, 2.75) is 46.3 Å². The van der Waals surface area contributed by atoms with Gasteiger partial charge in [0.05, 0.1) is 0 Å². The Morgan fingerprint density at radius 3 is 1.17 bits per heavy atom. The molecule has 1 aliphatic carbocycles. The van der Waals surface area contributed by atoms with Crippen LogP contribution in [-0.2, 0) is 0 Å². The maximum Gasteiger partial charge on any atom is 0.0451 e. The van der Waals surface area contributed by atoms with E-state index < -0.39 is 0 Å². The van der Waals surface area contributed by atoms with Crippen molar-refractivity contribution in [2.24, 2.45) is 23.7 Å². The summed E-state index contributed by atoms with van der Waals surface area (Å²) in [6.45, 7) is 14.8. The molecule has 1 saturated carbocycles. The zero-order valence-corrected chi connectivity index (χ0v) is 10.4. The van der Waals surface area contributed by atoms with Gasteiger partial charge < -0.3 is 0 Å². The predicted molar refractivity (Wildman–Crippen MR) is 57.9 cm³/mol. The Labute approximate surface area is 79.4 Å². The van der Waals surface area contributed by atoms with Crippen molar-refractivity contribution in [1.29, 1.82) is 0 Å². The molecule has 0 amide bonds. The highest BCUT2D eigenvalue weighted by molar-refractivity contribution is 6.57. The Hall–Kier alpha value is 0.217. The lowest BCUT2D eigenvalue weighted by Gasteiger charge is -2.24. The monoisotopic (exact) mass is 183 g/mol. The molecule has 1 aliphatic rings. The summed E-state index contributed by atoms with van der Waals surface area (Å²) in [5.41, 5.74) is 1.06. The summed E-state index contributed by atoms with van der Waals surface area (Å²) in [5.74, 6) is 3.84. The summed E-state index contributed by atoms with van der Waals surface area (Å²) in [4.78, 5) is 0. The van der Waals surface area contributed by atoms with Gasteiger partial charge in [0, 0.05) is 8.80 Å². The van der Waals surface area contributed by atoms with Crippen molar-refractivity contribution in [3.8, 4) is 0 Å². The van der Waals surface area contributed by atoms with Crippen molar-refractivity contribution in [1.82, 2.24) is 0 Å². The summed E-state index contributed by atoms with van der Waals surface area (Å²) in [7, 11) is -0.0746. The second-order valence-electron chi connectivity index (χ2n) is 5.04. The SMILES string of the molecule is CC1C(C)[C@H](C)[C@H](C)C1[Si](C)C. The van der Waals surface area contributed by atoms with Crippen LogP contribution in [0.3, 0.4) is 0 Å². The topological polar surface area (TPSA) is 0 Å². The molecule has 71 valence electrons. The van der Waals surface area contributed by atoms with Crippen LogP contribution < -0.4 is 0 Å². The molecule has 0 aromatic heterocycles. The second kappa shape index (κ2) is 3.53. The maximum absolute atomic E-state index is 2.48. The third kappa shape index (κ3) is 1.48. The molecule has 0 aromatic carbocycles. The van der Waals surface area contributed by atoms with E-state index in [4.69, 9.17) is 0 Å². The largest absolute Gasteiger partial charge is 0.0710 e. The van der Waals surface area contributed by atoms with Crippen LogP contribution in [0.15, 0.2) is 0 Å². The molecule has 12 heavy (non-hydrogen) atoms. The van der Waals surface area contributed by atoms with Crippen molar-refractivity contribution in [3.63, 3.8) is 0 Å². The molecule has 3 unspecified atom stereocenters. The fraction of sp³-hybridized carbons (Fsp3) is 1.00. The van der Waals surface area contributed by atoms with Crippen LogP contribution in [0.25, 0.3) is 0 Å². The van der Waals surface area contributed by atoms with E-state index in [1.165, 1.54) is 0 Å². The molecule has 1 rings (SSSR count). The van der Waals surface area contributed by atoms with Crippen LogP contribution in [0, 0.1) is 23.7 Å². The van der Waals surface area contributed by atoms with Crippen molar-refractivity contribution in [2.75, 3.05) is 0 Å². The molecule has 1 radical (unpaired) electrons. The van der Waals surface area contributed by atoms with Gasteiger partial charge in [0.1, 0.15) is 0 Å². The molecule has 0 bridgehead atoms. The van der Waals surface area contributed by atoms with Gasteiger partial charge in [-0.2, -0.15) is 0 Å². The lowest BCUT2D eigenvalue weighted by Crippen LogP contribution is -2.20. The van der Waals surface area contributed by atoms with E-state index in [1.54, 1.807) is 0 Å². The minimum absolute atomic E-state index is 0.0746. The zero-order chi connectivity index (χ0) is 9.46. The standard InChI is InChI=1S/C11H23Si/c1-7-8(2)10(4)11(9(7)3)12(5)6/h7-11H,1-6H3/t7-,8?,9-,10?,11?/m0/s1. The molecule has 1 fully saturated rings. The Morgan fingerprint density at radius 1 is 0.667 bits per heavy atom. The van der Waals surface area contributed by atoms with E-state index in [-0.39, 0.29) is 8.80 Å². The van der Waals surface area contributed by atoms with Crippen LogP contribution in [-0.4, -0.2) is 8.80 Å². The first-order valence-electron chi connectivity index (χ1n) is 5.26. The van der Waals surface area contributed by atoms with Gasteiger partial charge in [0.15, 0.2) is 0 Å². The summed E-state index contributed by atoms with van der Waals surface area (Å²) in [6.07, 6.45) is 0. The molecule has 0 heterocycles. The van der Waals surface area contributed by atoms with E-state index in [0.29, 0.717) is 0 Å². The first kappa shape index (κ1) is 10.3. The summed E-state index contributed by atoms with van der Waals surface area (Å²) < 4.78 is 0. The Bertz CT molecular complexity index is 139. The minimum atomic E-state index is -0.0746. The number of hydrogen-bond acceptors (Lipinski definition) is 0. The molecular weight excluding hydrogens is 160 g/mol.